The molecule has 0 atom stereocenters. The highest BCUT2D eigenvalue weighted by molar-refractivity contribution is 7.90. The summed E-state index contributed by atoms with van der Waals surface area (Å²) in [5, 5.41) is 7.47. The minimum atomic E-state index is -3.45. The largest absolute Gasteiger partial charge is 0.343 e. The van der Waals surface area contributed by atoms with E-state index in [2.05, 4.69) is 28.6 Å². The molecule has 2 aromatic carbocycles. The highest BCUT2D eigenvalue weighted by Gasteiger charge is 2.16. The van der Waals surface area contributed by atoms with Crippen molar-refractivity contribution in [2.75, 3.05) is 18.1 Å². The molecule has 9 heteroatoms. The van der Waals surface area contributed by atoms with Crippen LogP contribution >= 0.6 is 11.3 Å². The van der Waals surface area contributed by atoms with Crippen LogP contribution in [-0.2, 0) is 21.1 Å². The third kappa shape index (κ3) is 5.77. The lowest BCUT2D eigenvalue weighted by Gasteiger charge is -2.08. The zero-order chi connectivity index (χ0) is 22.6. The number of aryl methyl sites for hydroxylation is 2. The predicted molar refractivity (Wildman–Crippen MR) is 122 cm³/mol. The molecule has 0 aliphatic rings. The summed E-state index contributed by atoms with van der Waals surface area (Å²) >= 11 is 1.30. The quantitative estimate of drug-likeness (QED) is 0.565. The van der Waals surface area contributed by atoms with Crippen LogP contribution in [0, 0.1) is 6.92 Å². The lowest BCUT2D eigenvalue weighted by atomic mass is 10.1. The number of hydrogen-bond donors (Lipinski definition) is 2. The summed E-state index contributed by atoms with van der Waals surface area (Å²) in [5.74, 6) is -0.955. The highest BCUT2D eigenvalue weighted by Crippen LogP contribution is 2.25. The van der Waals surface area contributed by atoms with Gasteiger partial charge in [0, 0.05) is 22.8 Å². The zero-order valence-corrected chi connectivity index (χ0v) is 19.1. The molecule has 7 nitrogen and oxygen atoms in total. The number of nitrogens with zero attached hydrogens (tertiary/aromatic N) is 1. The fraction of sp³-hybridized carbons (Fsp3) is 0.227. The Hall–Kier alpha value is -3.04. The van der Waals surface area contributed by atoms with Gasteiger partial charge in [0.15, 0.2) is 15.0 Å². The Bertz CT molecular complexity index is 1230. The van der Waals surface area contributed by atoms with Crippen LogP contribution in [0.4, 0.5) is 5.13 Å². The Morgan fingerprint density at radius 3 is 2.61 bits per heavy atom. The second-order valence-electron chi connectivity index (χ2n) is 7.08. The van der Waals surface area contributed by atoms with E-state index >= 15 is 0 Å². The lowest BCUT2D eigenvalue weighted by molar-refractivity contribution is -0.115. The first-order valence-electron chi connectivity index (χ1n) is 9.61. The molecule has 0 spiro atoms. The van der Waals surface area contributed by atoms with Crippen molar-refractivity contribution in [2.45, 2.75) is 25.2 Å². The van der Waals surface area contributed by atoms with Crippen molar-refractivity contribution in [2.24, 2.45) is 0 Å². The number of hydrogen-bond acceptors (Lipinski definition) is 6. The summed E-state index contributed by atoms with van der Waals surface area (Å²) in [7, 11) is -3.45. The highest BCUT2D eigenvalue weighted by atomic mass is 32.2. The van der Waals surface area contributed by atoms with Gasteiger partial charge >= 0.3 is 0 Å². The van der Waals surface area contributed by atoms with Gasteiger partial charge in [0.05, 0.1) is 17.1 Å². The maximum atomic E-state index is 12.3. The van der Waals surface area contributed by atoms with Crippen LogP contribution in [0.5, 0.6) is 0 Å². The molecule has 0 unspecified atom stereocenters. The van der Waals surface area contributed by atoms with Crippen LogP contribution < -0.4 is 10.6 Å². The summed E-state index contributed by atoms with van der Waals surface area (Å²) in [4.78, 5) is 29.1. The smallest absolute Gasteiger partial charge is 0.251 e. The van der Waals surface area contributed by atoms with E-state index in [0.29, 0.717) is 10.7 Å². The second-order valence-corrected chi connectivity index (χ2v) is 9.92. The van der Waals surface area contributed by atoms with Crippen LogP contribution in [0.15, 0.2) is 52.7 Å². The van der Waals surface area contributed by atoms with Crippen molar-refractivity contribution in [1.29, 1.82) is 0 Å². The van der Waals surface area contributed by atoms with Gasteiger partial charge in [-0.25, -0.2) is 13.4 Å². The third-order valence-corrected chi connectivity index (χ3v) is 6.64. The molecular formula is C22H23N3O4S2. The fourth-order valence-corrected chi connectivity index (χ4v) is 4.71. The summed E-state index contributed by atoms with van der Waals surface area (Å²) in [6.07, 6.45) is 2.01. The average molecular weight is 458 g/mol. The van der Waals surface area contributed by atoms with Crippen molar-refractivity contribution in [1.82, 2.24) is 10.3 Å². The first kappa shape index (κ1) is 22.6. The molecule has 0 saturated heterocycles. The molecule has 3 rings (SSSR count). The van der Waals surface area contributed by atoms with Crippen molar-refractivity contribution in [3.63, 3.8) is 0 Å². The molecule has 0 fully saturated rings. The van der Waals surface area contributed by atoms with E-state index in [-0.39, 0.29) is 17.0 Å². The number of carbonyl (C=O) groups is 2. The van der Waals surface area contributed by atoms with Gasteiger partial charge in [0.1, 0.15) is 0 Å². The molecule has 3 aromatic rings. The van der Waals surface area contributed by atoms with Gasteiger partial charge in [-0.2, -0.15) is 0 Å². The van der Waals surface area contributed by atoms with Gasteiger partial charge in [0.25, 0.3) is 5.91 Å². The third-order valence-electron chi connectivity index (χ3n) is 4.64. The van der Waals surface area contributed by atoms with Crippen LogP contribution in [0.3, 0.4) is 0 Å². The van der Waals surface area contributed by atoms with E-state index in [0.717, 1.165) is 23.9 Å². The predicted octanol–water partition coefficient (Wildman–Crippen LogP) is 3.45. The summed E-state index contributed by atoms with van der Waals surface area (Å²) in [6.45, 7) is 3.48. The van der Waals surface area contributed by atoms with Gasteiger partial charge in [-0.05, 0) is 42.7 Å². The van der Waals surface area contributed by atoms with Crippen molar-refractivity contribution in [3.05, 3.63) is 64.5 Å². The van der Waals surface area contributed by atoms with Crippen LogP contribution in [0.2, 0.25) is 0 Å². The second kappa shape index (κ2) is 9.40. The Kier molecular flexibility index (Phi) is 6.87. The van der Waals surface area contributed by atoms with E-state index in [9.17, 15) is 18.0 Å². The number of thiazole rings is 1. The molecule has 0 saturated carbocycles. The van der Waals surface area contributed by atoms with Crippen LogP contribution in [-0.4, -0.2) is 38.0 Å². The molecule has 0 aliphatic carbocycles. The van der Waals surface area contributed by atoms with E-state index < -0.39 is 21.7 Å². The van der Waals surface area contributed by atoms with Gasteiger partial charge in [-0.3, -0.25) is 9.59 Å². The Morgan fingerprint density at radius 1 is 1.13 bits per heavy atom. The maximum absolute atomic E-state index is 12.3. The Labute approximate surface area is 185 Å². The normalized spacial score (nSPS) is 11.2. The Balaban J connectivity index is 1.61. The number of rotatable bonds is 7. The molecule has 1 heterocycles. The number of nitrogens with one attached hydrogen (secondary N) is 2. The first-order chi connectivity index (χ1) is 14.7. The maximum Gasteiger partial charge on any atom is 0.251 e. The van der Waals surface area contributed by atoms with Crippen LogP contribution in [0.25, 0.3) is 11.3 Å². The van der Waals surface area contributed by atoms with Crippen molar-refractivity contribution < 1.29 is 18.0 Å². The fourth-order valence-electron chi connectivity index (χ4n) is 2.98. The molecule has 1 aromatic heterocycles. The van der Waals surface area contributed by atoms with E-state index in [1.807, 2.05) is 23.6 Å². The van der Waals surface area contributed by atoms with Gasteiger partial charge in [-0.1, -0.05) is 31.2 Å². The minimum Gasteiger partial charge on any atom is -0.343 e. The zero-order valence-electron chi connectivity index (χ0n) is 17.4. The molecule has 162 valence electrons. The molecule has 0 aliphatic heterocycles. The summed E-state index contributed by atoms with van der Waals surface area (Å²) in [5.41, 5.74) is 3.68. The van der Waals surface area contributed by atoms with E-state index in [1.54, 1.807) is 13.0 Å². The van der Waals surface area contributed by atoms with Crippen molar-refractivity contribution >= 4 is 38.1 Å². The number of benzene rings is 2. The van der Waals surface area contributed by atoms with Crippen LogP contribution in [0.1, 0.15) is 28.4 Å². The number of sulfone groups is 1. The minimum absolute atomic E-state index is 0.0899. The first-order valence-corrected chi connectivity index (χ1v) is 12.4. The van der Waals surface area contributed by atoms with Gasteiger partial charge in [-0.15, -0.1) is 11.3 Å². The van der Waals surface area contributed by atoms with Crippen molar-refractivity contribution in [3.8, 4) is 11.3 Å². The monoisotopic (exact) mass is 457 g/mol. The average Bonchev–Trinajstić information content (AvgIpc) is 3.20. The van der Waals surface area contributed by atoms with Gasteiger partial charge < -0.3 is 10.6 Å². The molecule has 31 heavy (non-hydrogen) atoms. The lowest BCUT2D eigenvalue weighted by Crippen LogP contribution is -2.32. The summed E-state index contributed by atoms with van der Waals surface area (Å²) < 4.78 is 23.7. The number of aromatic nitrogens is 1. The molecular weight excluding hydrogens is 434 g/mol. The molecule has 2 N–H and O–H groups in total. The standard InChI is InChI=1S/C22H23N3O4S2/c1-4-15-6-5-7-16(10-15)18-13-30-22(24-18)25-20(26)12-23-21(27)17-9-8-14(2)19(11-17)31(3,28)29/h5-11,13H,4,12H2,1-3H3,(H,23,27)(H,24,25,26). The number of amides is 2. The van der Waals surface area contributed by atoms with E-state index in [1.165, 1.54) is 29.0 Å². The molecule has 0 radical (unpaired) electrons. The number of carbonyl (C=O) groups excluding carboxylic acids is 2. The van der Waals surface area contributed by atoms with E-state index in [4.69, 9.17) is 0 Å². The number of anilines is 1. The Morgan fingerprint density at radius 2 is 1.90 bits per heavy atom. The topological polar surface area (TPSA) is 105 Å². The molecule has 2 amide bonds. The van der Waals surface area contributed by atoms with Gasteiger partial charge in [0.2, 0.25) is 5.91 Å². The molecule has 0 bridgehead atoms. The summed E-state index contributed by atoms with van der Waals surface area (Å²) in [6, 6.07) is 12.5. The SMILES string of the molecule is CCc1cccc(-c2csc(NC(=O)CNC(=O)c3ccc(C)c(S(C)(=O)=O)c3)n2)c1.